The molecule has 2 N–H and O–H groups in total. The fourth-order valence-electron chi connectivity index (χ4n) is 1.55. The summed E-state index contributed by atoms with van der Waals surface area (Å²) in [5.41, 5.74) is -0.116. The zero-order valence-electron chi connectivity index (χ0n) is 9.52. The monoisotopic (exact) mass is 198 g/mol. The molecule has 0 aromatic carbocycles. The lowest BCUT2D eigenvalue weighted by molar-refractivity contribution is -0.121. The average molecular weight is 198 g/mol. The number of carbonyl (C=O) groups excluding carboxylic acids is 1. The first kappa shape index (κ1) is 11.5. The standard InChI is InChI=1S/C11H22N2O/c1-11(2,3)13-10(14)8-12-7-9-5-4-6-9/h9,12H,4-8H2,1-3H3,(H,13,14). The van der Waals surface area contributed by atoms with Crippen molar-refractivity contribution >= 4 is 5.91 Å². The minimum atomic E-state index is -0.116. The molecule has 1 amide bonds. The highest BCUT2D eigenvalue weighted by molar-refractivity contribution is 5.78. The molecule has 3 heteroatoms. The Balaban J connectivity index is 2.02. The highest BCUT2D eigenvalue weighted by Gasteiger charge is 2.17. The van der Waals surface area contributed by atoms with Gasteiger partial charge in [0.1, 0.15) is 0 Å². The van der Waals surface area contributed by atoms with Gasteiger partial charge in [0.2, 0.25) is 5.91 Å². The quantitative estimate of drug-likeness (QED) is 0.714. The van der Waals surface area contributed by atoms with E-state index in [0.29, 0.717) is 6.54 Å². The van der Waals surface area contributed by atoms with Gasteiger partial charge in [-0.25, -0.2) is 0 Å². The van der Waals surface area contributed by atoms with Gasteiger partial charge in [-0.1, -0.05) is 6.42 Å². The lowest BCUT2D eigenvalue weighted by Gasteiger charge is -2.26. The smallest absolute Gasteiger partial charge is 0.234 e. The Hall–Kier alpha value is -0.570. The molecule has 0 aliphatic heterocycles. The van der Waals surface area contributed by atoms with Crippen molar-refractivity contribution in [3.63, 3.8) is 0 Å². The molecule has 82 valence electrons. The Bertz CT molecular complexity index is 192. The summed E-state index contributed by atoms with van der Waals surface area (Å²) in [7, 11) is 0. The number of carbonyl (C=O) groups is 1. The lowest BCUT2D eigenvalue weighted by atomic mass is 9.85. The van der Waals surface area contributed by atoms with Crippen LogP contribution >= 0.6 is 0 Å². The zero-order chi connectivity index (χ0) is 10.6. The third-order valence-electron chi connectivity index (χ3n) is 2.46. The van der Waals surface area contributed by atoms with Gasteiger partial charge in [-0.05, 0) is 46.1 Å². The van der Waals surface area contributed by atoms with Crippen molar-refractivity contribution in [3.05, 3.63) is 0 Å². The van der Waals surface area contributed by atoms with Gasteiger partial charge < -0.3 is 10.6 Å². The van der Waals surface area contributed by atoms with Crippen LogP contribution in [0.2, 0.25) is 0 Å². The Morgan fingerprint density at radius 2 is 2.00 bits per heavy atom. The molecule has 3 nitrogen and oxygen atoms in total. The highest BCUT2D eigenvalue weighted by atomic mass is 16.2. The Labute approximate surface area is 86.6 Å². The van der Waals surface area contributed by atoms with Crippen LogP contribution in [-0.4, -0.2) is 24.5 Å². The van der Waals surface area contributed by atoms with Gasteiger partial charge in [-0.3, -0.25) is 4.79 Å². The molecule has 14 heavy (non-hydrogen) atoms. The predicted octanol–water partition coefficient (Wildman–Crippen LogP) is 1.29. The van der Waals surface area contributed by atoms with E-state index in [1.807, 2.05) is 20.8 Å². The summed E-state index contributed by atoms with van der Waals surface area (Å²) in [6.45, 7) is 7.44. The molecule has 1 aliphatic rings. The molecule has 0 radical (unpaired) electrons. The van der Waals surface area contributed by atoms with Gasteiger partial charge in [0, 0.05) is 5.54 Å². The Kier molecular flexibility index (Phi) is 3.93. The summed E-state index contributed by atoms with van der Waals surface area (Å²) in [4.78, 5) is 11.4. The van der Waals surface area contributed by atoms with E-state index in [1.165, 1.54) is 19.3 Å². The van der Waals surface area contributed by atoms with Gasteiger partial charge >= 0.3 is 0 Å². The molecule has 1 fully saturated rings. The lowest BCUT2D eigenvalue weighted by Crippen LogP contribution is -2.45. The number of hydrogen-bond acceptors (Lipinski definition) is 2. The Morgan fingerprint density at radius 3 is 2.43 bits per heavy atom. The van der Waals surface area contributed by atoms with Crippen LogP contribution < -0.4 is 10.6 Å². The van der Waals surface area contributed by atoms with Gasteiger partial charge in [-0.2, -0.15) is 0 Å². The largest absolute Gasteiger partial charge is 0.350 e. The van der Waals surface area contributed by atoms with E-state index in [4.69, 9.17) is 0 Å². The second-order valence-electron chi connectivity index (χ2n) is 5.23. The fraction of sp³-hybridized carbons (Fsp3) is 0.909. The van der Waals surface area contributed by atoms with Gasteiger partial charge in [0.15, 0.2) is 0 Å². The minimum Gasteiger partial charge on any atom is -0.350 e. The van der Waals surface area contributed by atoms with Crippen LogP contribution in [0.1, 0.15) is 40.0 Å². The van der Waals surface area contributed by atoms with Crippen LogP contribution in [0.3, 0.4) is 0 Å². The second-order valence-corrected chi connectivity index (χ2v) is 5.23. The summed E-state index contributed by atoms with van der Waals surface area (Å²) in [6, 6.07) is 0. The van der Waals surface area contributed by atoms with Crippen molar-refractivity contribution < 1.29 is 4.79 Å². The SMILES string of the molecule is CC(C)(C)NC(=O)CNCC1CCC1. The molecule has 0 bridgehead atoms. The first-order valence-corrected chi connectivity index (χ1v) is 5.49. The van der Waals surface area contributed by atoms with Crippen LogP contribution in [0.5, 0.6) is 0 Å². The molecule has 0 aromatic rings. The number of nitrogens with one attached hydrogen (secondary N) is 2. The molecule has 0 saturated heterocycles. The summed E-state index contributed by atoms with van der Waals surface area (Å²) >= 11 is 0. The van der Waals surface area contributed by atoms with Crippen molar-refractivity contribution in [2.24, 2.45) is 5.92 Å². The molecule has 0 unspecified atom stereocenters. The van der Waals surface area contributed by atoms with Crippen molar-refractivity contribution in [2.45, 2.75) is 45.6 Å². The summed E-state index contributed by atoms with van der Waals surface area (Å²) < 4.78 is 0. The maximum atomic E-state index is 11.4. The van der Waals surface area contributed by atoms with E-state index in [0.717, 1.165) is 12.5 Å². The molecule has 1 aliphatic carbocycles. The maximum absolute atomic E-state index is 11.4. The van der Waals surface area contributed by atoms with Gasteiger partial charge in [0.05, 0.1) is 6.54 Å². The number of amides is 1. The van der Waals surface area contributed by atoms with Crippen molar-refractivity contribution in [2.75, 3.05) is 13.1 Å². The average Bonchev–Trinajstić information content (AvgIpc) is 1.90. The normalized spacial score (nSPS) is 17.6. The van der Waals surface area contributed by atoms with Crippen LogP contribution in [0.4, 0.5) is 0 Å². The van der Waals surface area contributed by atoms with E-state index in [2.05, 4.69) is 10.6 Å². The van der Waals surface area contributed by atoms with Crippen LogP contribution in [0.15, 0.2) is 0 Å². The highest BCUT2D eigenvalue weighted by Crippen LogP contribution is 2.24. The molecule has 1 saturated carbocycles. The first-order valence-electron chi connectivity index (χ1n) is 5.49. The third-order valence-corrected chi connectivity index (χ3v) is 2.46. The van der Waals surface area contributed by atoms with Gasteiger partial charge in [-0.15, -0.1) is 0 Å². The van der Waals surface area contributed by atoms with Crippen molar-refractivity contribution in [1.29, 1.82) is 0 Å². The summed E-state index contributed by atoms with van der Waals surface area (Å²) in [6.07, 6.45) is 4.02. The van der Waals surface area contributed by atoms with Crippen LogP contribution in [0.25, 0.3) is 0 Å². The van der Waals surface area contributed by atoms with E-state index < -0.39 is 0 Å². The van der Waals surface area contributed by atoms with Gasteiger partial charge in [0.25, 0.3) is 0 Å². The van der Waals surface area contributed by atoms with E-state index in [9.17, 15) is 4.79 Å². The topological polar surface area (TPSA) is 41.1 Å². The molecule has 0 aromatic heterocycles. The fourth-order valence-corrected chi connectivity index (χ4v) is 1.55. The molecular formula is C11H22N2O. The van der Waals surface area contributed by atoms with E-state index >= 15 is 0 Å². The second kappa shape index (κ2) is 4.78. The predicted molar refractivity (Wildman–Crippen MR) is 58.1 cm³/mol. The first-order chi connectivity index (χ1) is 6.47. The maximum Gasteiger partial charge on any atom is 0.234 e. The van der Waals surface area contributed by atoms with Crippen molar-refractivity contribution in [1.82, 2.24) is 10.6 Å². The van der Waals surface area contributed by atoms with E-state index in [-0.39, 0.29) is 11.4 Å². The molecule has 0 atom stereocenters. The number of rotatable bonds is 4. The summed E-state index contributed by atoms with van der Waals surface area (Å²) in [5, 5.41) is 6.13. The van der Waals surface area contributed by atoms with E-state index in [1.54, 1.807) is 0 Å². The number of hydrogen-bond donors (Lipinski definition) is 2. The zero-order valence-corrected chi connectivity index (χ0v) is 9.52. The Morgan fingerprint density at radius 1 is 1.36 bits per heavy atom. The summed E-state index contributed by atoms with van der Waals surface area (Å²) in [5.74, 6) is 0.911. The van der Waals surface area contributed by atoms with Crippen LogP contribution in [0, 0.1) is 5.92 Å². The third kappa shape index (κ3) is 4.61. The van der Waals surface area contributed by atoms with Crippen LogP contribution in [-0.2, 0) is 4.79 Å². The molecule has 0 spiro atoms. The minimum absolute atomic E-state index is 0.0943. The van der Waals surface area contributed by atoms with Crippen molar-refractivity contribution in [3.8, 4) is 0 Å². The molecule has 0 heterocycles. The molecule has 1 rings (SSSR count). The molecular weight excluding hydrogens is 176 g/mol.